The van der Waals surface area contributed by atoms with Crippen LogP contribution in [0.2, 0.25) is 0 Å². The van der Waals surface area contributed by atoms with E-state index in [1.807, 2.05) is 0 Å². The van der Waals surface area contributed by atoms with Crippen molar-refractivity contribution in [1.29, 1.82) is 0 Å². The molecule has 4 N–H and O–H groups in total. The number of carbonyl (C=O) groups is 1. The van der Waals surface area contributed by atoms with Gasteiger partial charge in [-0.3, -0.25) is 4.79 Å². The molecule has 0 saturated heterocycles. The number of sulfonamides is 1. The highest BCUT2D eigenvalue weighted by molar-refractivity contribution is 8.26. The fourth-order valence-corrected chi connectivity index (χ4v) is 7.89. The maximum absolute atomic E-state index is 12.6. The molecule has 1 aromatic heterocycles. The average molecular weight is 404 g/mol. The number of aromatic amines is 1. The van der Waals surface area contributed by atoms with Crippen LogP contribution in [0, 0.1) is 0 Å². The number of nitrogens with two attached hydrogens (primary N) is 1. The van der Waals surface area contributed by atoms with Gasteiger partial charge in [-0.15, -0.1) is 0 Å². The molecule has 2 aliphatic heterocycles. The first-order chi connectivity index (χ1) is 11.4. The Bertz CT molecular complexity index is 1010. The Morgan fingerprint density at radius 2 is 2.20 bits per heavy atom. The predicted molar refractivity (Wildman–Crippen MR) is 92.9 cm³/mol. The molecule has 2 aliphatic rings. The molecule has 1 amide bonds. The molecule has 0 spiro atoms. The quantitative estimate of drug-likeness (QED) is 0.650. The second-order valence-electron chi connectivity index (χ2n) is 6.04. The van der Waals surface area contributed by atoms with Gasteiger partial charge in [-0.1, -0.05) is 11.8 Å². The number of H-pyrrole nitrogens is 1. The minimum Gasteiger partial charge on any atom is -0.347 e. The second-order valence-corrected chi connectivity index (χ2v) is 11.5. The number of allylic oxidation sites excluding steroid dienone is 2. The smallest absolute Gasteiger partial charge is 0.249 e. The topological polar surface area (TPSA) is 152 Å². The minimum atomic E-state index is -4.35. The molecule has 0 fully saturated rings. The average Bonchev–Trinajstić information content (AvgIpc) is 3.15. The van der Waals surface area contributed by atoms with Crippen molar-refractivity contribution in [3.63, 3.8) is 0 Å². The van der Waals surface area contributed by atoms with E-state index in [-0.39, 0.29) is 22.6 Å². The summed E-state index contributed by atoms with van der Waals surface area (Å²) >= 11 is 0.839. The Hall–Kier alpha value is -1.63. The number of hydrogen-bond acceptors (Lipinski definition) is 7. The van der Waals surface area contributed by atoms with E-state index in [4.69, 9.17) is 5.14 Å². The van der Waals surface area contributed by atoms with Crippen LogP contribution in [0.25, 0.3) is 0 Å². The summed E-state index contributed by atoms with van der Waals surface area (Å²) in [6.45, 7) is 3.39. The summed E-state index contributed by atoms with van der Waals surface area (Å²) in [6.07, 6.45) is 4.21. The lowest BCUT2D eigenvalue weighted by Gasteiger charge is -2.25. The maximum Gasteiger partial charge on any atom is 0.249 e. The van der Waals surface area contributed by atoms with Crippen LogP contribution >= 0.6 is 11.8 Å². The number of carbonyl (C=O) groups excluding carboxylic acids is 1. The molecule has 0 aliphatic carbocycles. The van der Waals surface area contributed by atoms with Crippen molar-refractivity contribution in [3.8, 4) is 0 Å². The van der Waals surface area contributed by atoms with Gasteiger partial charge in [0.15, 0.2) is 4.24 Å². The molecule has 12 heteroatoms. The molecule has 0 saturated carbocycles. The standard InChI is InChI=1S/C13H16N4O5S3/c1-7(9-5-15-6-16-9)17-12(18)13(2)4-8-3-10(25(14,21)22)24(19,20)11(8)23-13/h3,5-7H,4H2,1-2H3,(H,15,16)(H,17,18)(H2,14,21,22)/t7?,13-/m1/s1. The van der Waals surface area contributed by atoms with Crippen LogP contribution in [-0.2, 0) is 24.7 Å². The van der Waals surface area contributed by atoms with Crippen molar-refractivity contribution < 1.29 is 21.6 Å². The summed E-state index contributed by atoms with van der Waals surface area (Å²) in [5.41, 5.74) is 1.00. The van der Waals surface area contributed by atoms with Crippen molar-refractivity contribution >= 4 is 37.5 Å². The van der Waals surface area contributed by atoms with E-state index >= 15 is 0 Å². The molecular formula is C13H16N4O5S3. The summed E-state index contributed by atoms with van der Waals surface area (Å²) in [5.74, 6) is -0.352. The fraction of sp³-hybridized carbons (Fsp3) is 0.385. The lowest BCUT2D eigenvalue weighted by atomic mass is 10.0. The van der Waals surface area contributed by atoms with Crippen molar-refractivity contribution in [1.82, 2.24) is 15.3 Å². The third-order valence-corrected chi connectivity index (χ3v) is 9.57. The Morgan fingerprint density at radius 1 is 1.52 bits per heavy atom. The number of primary sulfonamides is 1. The maximum atomic E-state index is 12.6. The normalized spacial score (nSPS) is 26.3. The molecule has 136 valence electrons. The number of nitrogens with zero attached hydrogens (tertiary/aromatic N) is 1. The number of rotatable bonds is 4. The van der Waals surface area contributed by atoms with Gasteiger partial charge in [-0.25, -0.2) is 27.0 Å². The lowest BCUT2D eigenvalue weighted by molar-refractivity contribution is -0.123. The zero-order valence-electron chi connectivity index (χ0n) is 13.3. The highest BCUT2D eigenvalue weighted by atomic mass is 32.3. The number of imidazole rings is 1. The summed E-state index contributed by atoms with van der Waals surface area (Å²) in [6, 6.07) is -0.338. The molecule has 2 atom stereocenters. The first-order valence-electron chi connectivity index (χ1n) is 7.16. The van der Waals surface area contributed by atoms with Gasteiger partial charge >= 0.3 is 0 Å². The highest BCUT2D eigenvalue weighted by Crippen LogP contribution is 2.54. The van der Waals surface area contributed by atoms with E-state index in [1.165, 1.54) is 6.33 Å². The zero-order valence-corrected chi connectivity index (χ0v) is 15.8. The van der Waals surface area contributed by atoms with E-state index in [1.54, 1.807) is 20.0 Å². The van der Waals surface area contributed by atoms with Crippen LogP contribution < -0.4 is 10.5 Å². The van der Waals surface area contributed by atoms with E-state index in [2.05, 4.69) is 15.3 Å². The fourth-order valence-electron chi connectivity index (χ4n) is 2.68. The third kappa shape index (κ3) is 3.03. The third-order valence-electron chi connectivity index (χ3n) is 4.00. The molecule has 9 nitrogen and oxygen atoms in total. The largest absolute Gasteiger partial charge is 0.347 e. The Kier molecular flexibility index (Phi) is 4.14. The van der Waals surface area contributed by atoms with E-state index in [9.17, 15) is 21.6 Å². The van der Waals surface area contributed by atoms with Gasteiger partial charge in [-0.05, 0) is 31.9 Å². The number of thioether (sulfide) groups is 1. The van der Waals surface area contributed by atoms with Crippen LogP contribution in [0.3, 0.4) is 0 Å². The Balaban J connectivity index is 1.82. The Morgan fingerprint density at radius 3 is 2.72 bits per heavy atom. The van der Waals surface area contributed by atoms with Gasteiger partial charge in [0.05, 0.1) is 24.3 Å². The lowest BCUT2D eigenvalue weighted by Crippen LogP contribution is -2.42. The molecule has 0 aromatic carbocycles. The zero-order chi connectivity index (χ0) is 18.6. The summed E-state index contributed by atoms with van der Waals surface area (Å²) in [5, 5.41) is 7.77. The summed E-state index contributed by atoms with van der Waals surface area (Å²) < 4.78 is 45.7. The van der Waals surface area contributed by atoms with Gasteiger partial charge in [0.25, 0.3) is 0 Å². The van der Waals surface area contributed by atoms with Crippen LogP contribution in [0.4, 0.5) is 0 Å². The summed E-state index contributed by atoms with van der Waals surface area (Å²) in [7, 11) is -8.56. The first kappa shape index (κ1) is 18.2. The van der Waals surface area contributed by atoms with Crippen LogP contribution in [0.5, 0.6) is 0 Å². The molecule has 3 rings (SSSR count). The number of sulfone groups is 1. The van der Waals surface area contributed by atoms with E-state index in [0.717, 1.165) is 17.8 Å². The molecule has 3 heterocycles. The van der Waals surface area contributed by atoms with Gasteiger partial charge < -0.3 is 10.3 Å². The predicted octanol–water partition coefficient (Wildman–Crippen LogP) is 0.252. The molecule has 1 aromatic rings. The van der Waals surface area contributed by atoms with E-state index in [0.29, 0.717) is 11.3 Å². The first-order valence-corrected chi connectivity index (χ1v) is 11.0. The molecule has 1 unspecified atom stereocenters. The Labute approximate surface area is 149 Å². The number of amides is 1. The van der Waals surface area contributed by atoms with Crippen LogP contribution in [-0.4, -0.2) is 37.5 Å². The SMILES string of the molecule is CC(NC(=O)[C@@]1(C)CC2=C(S1)S(=O)(=O)C(S(N)(=O)=O)=C2)c1cnc[nH]1. The van der Waals surface area contributed by atoms with Gasteiger partial charge in [-0.2, -0.15) is 0 Å². The van der Waals surface area contributed by atoms with Crippen molar-refractivity contribution in [2.45, 2.75) is 31.1 Å². The van der Waals surface area contributed by atoms with Crippen molar-refractivity contribution in [2.75, 3.05) is 0 Å². The van der Waals surface area contributed by atoms with Crippen LogP contribution in [0.1, 0.15) is 32.0 Å². The summed E-state index contributed by atoms with van der Waals surface area (Å²) in [4.78, 5) is 19.4. The number of nitrogens with one attached hydrogen (secondary N) is 2. The monoisotopic (exact) mass is 404 g/mol. The van der Waals surface area contributed by atoms with Gasteiger partial charge in [0, 0.05) is 0 Å². The van der Waals surface area contributed by atoms with Crippen molar-refractivity contribution in [3.05, 3.63) is 38.3 Å². The van der Waals surface area contributed by atoms with E-state index < -0.39 is 28.8 Å². The number of hydrogen-bond donors (Lipinski definition) is 3. The molecule has 0 radical (unpaired) electrons. The van der Waals surface area contributed by atoms with Crippen LogP contribution in [0.15, 0.2) is 32.6 Å². The van der Waals surface area contributed by atoms with Crippen molar-refractivity contribution in [2.24, 2.45) is 5.14 Å². The molecule has 0 bridgehead atoms. The molecular weight excluding hydrogens is 388 g/mol. The molecule has 25 heavy (non-hydrogen) atoms. The second kappa shape index (κ2) is 5.69. The van der Waals surface area contributed by atoms with Gasteiger partial charge in [0.2, 0.25) is 25.8 Å². The number of aromatic nitrogens is 2. The van der Waals surface area contributed by atoms with Gasteiger partial charge in [0.1, 0.15) is 8.98 Å². The minimum absolute atomic E-state index is 0.0901. The highest BCUT2D eigenvalue weighted by Gasteiger charge is 2.51.